The van der Waals surface area contributed by atoms with Crippen molar-refractivity contribution in [2.45, 2.75) is 72.3 Å². The standard InChI is InChI=1S/C18H30O3/c1-11(2)16(20)7-5-12-9-13(19)10-15-14(12)6-8-17(21)18(15,3)4/h11-12,14-15,17,21H,5-10H2,1-4H3/t12?,14?,15?,17-/m1/s1. The first-order valence-electron chi connectivity index (χ1n) is 8.46. The van der Waals surface area contributed by atoms with E-state index in [1.54, 1.807) is 0 Å². The molecule has 0 radical (unpaired) electrons. The maximum Gasteiger partial charge on any atom is 0.135 e. The predicted molar refractivity (Wildman–Crippen MR) is 82.8 cm³/mol. The fraction of sp³-hybridized carbons (Fsp3) is 0.889. The van der Waals surface area contributed by atoms with Crippen molar-refractivity contribution in [3.63, 3.8) is 0 Å². The molecule has 2 aliphatic carbocycles. The molecule has 0 spiro atoms. The molecule has 3 unspecified atom stereocenters. The van der Waals surface area contributed by atoms with Crippen molar-refractivity contribution in [3.05, 3.63) is 0 Å². The number of rotatable bonds is 4. The molecule has 3 nitrogen and oxygen atoms in total. The SMILES string of the molecule is CC(C)C(=O)CCC1CC(=O)CC2C1CC[C@@H](O)C2(C)C. The lowest BCUT2D eigenvalue weighted by atomic mass is 9.54. The average molecular weight is 294 g/mol. The molecule has 21 heavy (non-hydrogen) atoms. The van der Waals surface area contributed by atoms with E-state index in [-0.39, 0.29) is 23.4 Å². The van der Waals surface area contributed by atoms with E-state index in [9.17, 15) is 14.7 Å². The Kier molecular flexibility index (Phi) is 4.92. The van der Waals surface area contributed by atoms with Gasteiger partial charge >= 0.3 is 0 Å². The molecular formula is C18H30O3. The van der Waals surface area contributed by atoms with Crippen LogP contribution in [0, 0.1) is 29.1 Å². The molecule has 1 N–H and O–H groups in total. The van der Waals surface area contributed by atoms with Gasteiger partial charge in [0.15, 0.2) is 0 Å². The van der Waals surface area contributed by atoms with Gasteiger partial charge in [0.2, 0.25) is 0 Å². The van der Waals surface area contributed by atoms with Crippen LogP contribution in [0.15, 0.2) is 0 Å². The summed E-state index contributed by atoms with van der Waals surface area (Å²) in [7, 11) is 0. The van der Waals surface area contributed by atoms with Gasteiger partial charge in [0.1, 0.15) is 11.6 Å². The molecule has 2 rings (SSSR count). The van der Waals surface area contributed by atoms with Gasteiger partial charge in [0, 0.05) is 25.2 Å². The van der Waals surface area contributed by atoms with Crippen molar-refractivity contribution in [2.24, 2.45) is 29.1 Å². The smallest absolute Gasteiger partial charge is 0.135 e. The van der Waals surface area contributed by atoms with E-state index < -0.39 is 0 Å². The summed E-state index contributed by atoms with van der Waals surface area (Å²) in [5, 5.41) is 10.3. The van der Waals surface area contributed by atoms with Gasteiger partial charge in [0.25, 0.3) is 0 Å². The van der Waals surface area contributed by atoms with Crippen LogP contribution in [-0.4, -0.2) is 22.8 Å². The Labute approximate surface area is 128 Å². The van der Waals surface area contributed by atoms with Gasteiger partial charge in [-0.2, -0.15) is 0 Å². The molecule has 0 aromatic rings. The summed E-state index contributed by atoms with van der Waals surface area (Å²) in [4.78, 5) is 24.0. The molecule has 0 amide bonds. The molecule has 0 bridgehead atoms. The molecule has 0 saturated heterocycles. The Balaban J connectivity index is 2.08. The van der Waals surface area contributed by atoms with Crippen LogP contribution < -0.4 is 0 Å². The topological polar surface area (TPSA) is 54.4 Å². The van der Waals surface area contributed by atoms with E-state index in [0.717, 1.165) is 19.3 Å². The lowest BCUT2D eigenvalue weighted by Crippen LogP contribution is -2.50. The molecule has 0 aromatic heterocycles. The second kappa shape index (κ2) is 6.20. The normalized spacial score (nSPS) is 35.6. The summed E-state index contributed by atoms with van der Waals surface area (Å²) in [5.41, 5.74) is -0.181. The molecule has 0 aliphatic heterocycles. The van der Waals surface area contributed by atoms with E-state index in [2.05, 4.69) is 13.8 Å². The summed E-state index contributed by atoms with van der Waals surface area (Å²) >= 11 is 0. The second-order valence-corrected chi connectivity index (χ2v) is 8.05. The van der Waals surface area contributed by atoms with E-state index in [1.165, 1.54) is 0 Å². The fourth-order valence-corrected chi connectivity index (χ4v) is 4.41. The van der Waals surface area contributed by atoms with Gasteiger partial charge in [-0.1, -0.05) is 27.7 Å². The summed E-state index contributed by atoms with van der Waals surface area (Å²) in [6, 6.07) is 0. The van der Waals surface area contributed by atoms with E-state index in [1.807, 2.05) is 13.8 Å². The number of carbonyl (C=O) groups excluding carboxylic acids is 2. The van der Waals surface area contributed by atoms with Gasteiger partial charge < -0.3 is 5.11 Å². The molecule has 0 heterocycles. The van der Waals surface area contributed by atoms with Gasteiger partial charge in [-0.05, 0) is 42.4 Å². The Bertz CT molecular complexity index is 411. The number of fused-ring (bicyclic) bond motifs is 1. The van der Waals surface area contributed by atoms with E-state index in [4.69, 9.17) is 0 Å². The monoisotopic (exact) mass is 294 g/mol. The first kappa shape index (κ1) is 16.7. The minimum atomic E-state index is -0.303. The first-order valence-corrected chi connectivity index (χ1v) is 8.46. The molecule has 2 fully saturated rings. The average Bonchev–Trinajstić information content (AvgIpc) is 2.40. The quantitative estimate of drug-likeness (QED) is 0.864. The number of aliphatic hydroxyl groups excluding tert-OH is 1. The van der Waals surface area contributed by atoms with E-state index >= 15 is 0 Å². The number of ketones is 2. The molecule has 2 aliphatic rings. The summed E-state index contributed by atoms with van der Waals surface area (Å²) in [6.45, 7) is 8.08. The van der Waals surface area contributed by atoms with Gasteiger partial charge in [-0.25, -0.2) is 0 Å². The molecule has 3 heteroatoms. The largest absolute Gasteiger partial charge is 0.393 e. The van der Waals surface area contributed by atoms with Crippen LogP contribution in [-0.2, 0) is 9.59 Å². The minimum Gasteiger partial charge on any atom is -0.393 e. The minimum absolute atomic E-state index is 0.0877. The zero-order chi connectivity index (χ0) is 15.8. The van der Waals surface area contributed by atoms with Crippen LogP contribution in [0.3, 0.4) is 0 Å². The number of carbonyl (C=O) groups is 2. The number of hydrogen-bond acceptors (Lipinski definition) is 3. The number of hydrogen-bond donors (Lipinski definition) is 1. The highest BCUT2D eigenvalue weighted by molar-refractivity contribution is 5.81. The summed E-state index contributed by atoms with van der Waals surface area (Å²) in [6.07, 6.45) is 4.22. The zero-order valence-electron chi connectivity index (χ0n) is 13.9. The van der Waals surface area contributed by atoms with Crippen molar-refractivity contribution < 1.29 is 14.7 Å². The van der Waals surface area contributed by atoms with Crippen molar-refractivity contribution in [1.82, 2.24) is 0 Å². The highest BCUT2D eigenvalue weighted by Crippen LogP contribution is 2.52. The van der Waals surface area contributed by atoms with Crippen LogP contribution in [0.25, 0.3) is 0 Å². The third-order valence-electron chi connectivity index (χ3n) is 6.05. The number of aliphatic hydroxyl groups is 1. The van der Waals surface area contributed by atoms with Crippen LogP contribution >= 0.6 is 0 Å². The van der Waals surface area contributed by atoms with Crippen molar-refractivity contribution in [1.29, 1.82) is 0 Å². The van der Waals surface area contributed by atoms with Crippen LogP contribution in [0.5, 0.6) is 0 Å². The summed E-state index contributed by atoms with van der Waals surface area (Å²) in [5.74, 6) is 1.83. The van der Waals surface area contributed by atoms with Gasteiger partial charge in [-0.3, -0.25) is 9.59 Å². The Morgan fingerprint density at radius 1 is 1.29 bits per heavy atom. The Hall–Kier alpha value is -0.700. The molecule has 0 aromatic carbocycles. The molecule has 2 saturated carbocycles. The maximum absolute atomic E-state index is 12.1. The van der Waals surface area contributed by atoms with Crippen LogP contribution in [0.1, 0.15) is 66.2 Å². The Morgan fingerprint density at radius 2 is 1.95 bits per heavy atom. The third-order valence-corrected chi connectivity index (χ3v) is 6.05. The van der Waals surface area contributed by atoms with E-state index in [0.29, 0.717) is 42.7 Å². The highest BCUT2D eigenvalue weighted by atomic mass is 16.3. The lowest BCUT2D eigenvalue weighted by Gasteiger charge is -2.52. The molecular weight excluding hydrogens is 264 g/mol. The van der Waals surface area contributed by atoms with Gasteiger partial charge in [0.05, 0.1) is 6.10 Å². The Morgan fingerprint density at radius 3 is 2.57 bits per heavy atom. The maximum atomic E-state index is 12.1. The van der Waals surface area contributed by atoms with Crippen LogP contribution in [0.4, 0.5) is 0 Å². The lowest BCUT2D eigenvalue weighted by molar-refractivity contribution is -0.138. The summed E-state index contributed by atoms with van der Waals surface area (Å²) < 4.78 is 0. The number of Topliss-reactive ketones (excluding diaryl/α,β-unsaturated/α-hetero) is 2. The van der Waals surface area contributed by atoms with Crippen molar-refractivity contribution in [3.8, 4) is 0 Å². The fourth-order valence-electron chi connectivity index (χ4n) is 4.41. The molecule has 4 atom stereocenters. The second-order valence-electron chi connectivity index (χ2n) is 8.05. The molecule has 120 valence electrons. The van der Waals surface area contributed by atoms with Gasteiger partial charge in [-0.15, -0.1) is 0 Å². The third kappa shape index (κ3) is 3.39. The van der Waals surface area contributed by atoms with Crippen molar-refractivity contribution in [2.75, 3.05) is 0 Å². The van der Waals surface area contributed by atoms with Crippen molar-refractivity contribution >= 4 is 11.6 Å². The zero-order valence-corrected chi connectivity index (χ0v) is 13.9. The highest BCUT2D eigenvalue weighted by Gasteiger charge is 2.50. The predicted octanol–water partition coefficient (Wildman–Crippen LogP) is 3.38. The van der Waals surface area contributed by atoms with Crippen LogP contribution in [0.2, 0.25) is 0 Å². The first-order chi connectivity index (χ1) is 9.73.